The van der Waals surface area contributed by atoms with Crippen molar-refractivity contribution in [2.24, 2.45) is 0 Å². The van der Waals surface area contributed by atoms with Crippen molar-refractivity contribution in [3.8, 4) is 0 Å². The zero-order valence-corrected chi connectivity index (χ0v) is 14.2. The Kier molecular flexibility index (Phi) is 5.08. The van der Waals surface area contributed by atoms with Crippen LogP contribution in [-0.2, 0) is 4.74 Å². The Balaban J connectivity index is 2.11. The van der Waals surface area contributed by atoms with E-state index >= 15 is 0 Å². The highest BCUT2D eigenvalue weighted by molar-refractivity contribution is 9.10. The minimum absolute atomic E-state index is 0.223. The van der Waals surface area contributed by atoms with E-state index in [4.69, 9.17) is 4.74 Å². The highest BCUT2D eigenvalue weighted by Crippen LogP contribution is 2.15. The molecule has 1 heterocycles. The zero-order valence-electron chi connectivity index (χ0n) is 12.6. The van der Waals surface area contributed by atoms with Gasteiger partial charge in [-0.2, -0.15) is 0 Å². The minimum atomic E-state index is -0.853. The lowest BCUT2D eigenvalue weighted by atomic mass is 10.0. The summed E-state index contributed by atoms with van der Waals surface area (Å²) in [7, 11) is 0. The molecular formula is C17H16BrNO3. The summed E-state index contributed by atoms with van der Waals surface area (Å²) >= 11 is 3.24. The number of benzene rings is 1. The number of carbonyl (C=O) groups excluding carboxylic acids is 2. The van der Waals surface area contributed by atoms with Crippen LogP contribution < -0.4 is 0 Å². The fourth-order valence-corrected chi connectivity index (χ4v) is 2.30. The molecule has 0 aliphatic rings. The van der Waals surface area contributed by atoms with Crippen LogP contribution in [0, 0.1) is 13.8 Å². The second-order valence-corrected chi connectivity index (χ2v) is 6.02. The lowest BCUT2D eigenvalue weighted by molar-refractivity contribution is 0.0318. The lowest BCUT2D eigenvalue weighted by Crippen LogP contribution is -2.24. The number of halogens is 1. The highest BCUT2D eigenvalue weighted by Gasteiger charge is 2.21. The number of hydrogen-bond acceptors (Lipinski definition) is 4. The van der Waals surface area contributed by atoms with Gasteiger partial charge in [-0.15, -0.1) is 0 Å². The van der Waals surface area contributed by atoms with Crippen LogP contribution in [0.1, 0.15) is 38.8 Å². The third kappa shape index (κ3) is 3.80. The summed E-state index contributed by atoms with van der Waals surface area (Å²) < 4.78 is 5.90. The van der Waals surface area contributed by atoms with Crippen LogP contribution in [0.5, 0.6) is 0 Å². The number of ether oxygens (including phenoxy) is 1. The Morgan fingerprint density at radius 3 is 2.45 bits per heavy atom. The van der Waals surface area contributed by atoms with Gasteiger partial charge >= 0.3 is 5.97 Å². The number of esters is 1. The first-order valence-electron chi connectivity index (χ1n) is 6.81. The Hall–Kier alpha value is -2.01. The molecule has 5 heteroatoms. The summed E-state index contributed by atoms with van der Waals surface area (Å²) in [5.74, 6) is -0.794. The molecule has 0 radical (unpaired) electrons. The summed E-state index contributed by atoms with van der Waals surface area (Å²) in [5, 5.41) is 0. The molecule has 0 aliphatic carbocycles. The molecule has 0 aliphatic heterocycles. The summed E-state index contributed by atoms with van der Waals surface area (Å²) in [4.78, 5) is 28.3. The Bertz CT molecular complexity index is 728. The molecular weight excluding hydrogens is 346 g/mol. The van der Waals surface area contributed by atoms with Gasteiger partial charge in [0.1, 0.15) is 0 Å². The number of hydrogen-bond donors (Lipinski definition) is 0. The number of ketones is 1. The molecule has 0 bridgehead atoms. The smallest absolute Gasteiger partial charge is 0.340 e. The van der Waals surface area contributed by atoms with Crippen molar-refractivity contribution in [3.05, 3.63) is 63.4 Å². The summed E-state index contributed by atoms with van der Waals surface area (Å²) in [6.07, 6.45) is 2.12. The molecule has 0 saturated heterocycles. The van der Waals surface area contributed by atoms with Crippen molar-refractivity contribution in [3.63, 3.8) is 0 Å². The van der Waals surface area contributed by atoms with Crippen molar-refractivity contribution in [2.45, 2.75) is 26.9 Å². The maximum Gasteiger partial charge on any atom is 0.340 e. The van der Waals surface area contributed by atoms with Gasteiger partial charge in [-0.05, 0) is 60.0 Å². The quantitative estimate of drug-likeness (QED) is 0.612. The van der Waals surface area contributed by atoms with Crippen molar-refractivity contribution in [2.75, 3.05) is 0 Å². The van der Waals surface area contributed by atoms with Gasteiger partial charge in [0.25, 0.3) is 0 Å². The van der Waals surface area contributed by atoms with Gasteiger partial charge < -0.3 is 4.74 Å². The summed E-state index contributed by atoms with van der Waals surface area (Å²) in [5.41, 5.74) is 2.98. The van der Waals surface area contributed by atoms with E-state index in [0.29, 0.717) is 15.6 Å². The van der Waals surface area contributed by atoms with Gasteiger partial charge in [0.2, 0.25) is 5.78 Å². The number of rotatable bonds is 4. The molecule has 0 amide bonds. The number of carbonyl (C=O) groups is 2. The highest BCUT2D eigenvalue weighted by atomic mass is 79.9. The van der Waals surface area contributed by atoms with Gasteiger partial charge in [0.05, 0.1) is 5.56 Å². The molecule has 114 valence electrons. The van der Waals surface area contributed by atoms with E-state index < -0.39 is 12.1 Å². The first-order valence-corrected chi connectivity index (χ1v) is 7.61. The molecule has 1 aromatic carbocycles. The Labute approximate surface area is 137 Å². The lowest BCUT2D eigenvalue weighted by Gasteiger charge is -2.13. The molecule has 22 heavy (non-hydrogen) atoms. The SMILES string of the molecule is Cc1ccc(C(=O)[C@H](C)OC(=O)c2cncc(Br)c2)cc1C. The number of Topliss-reactive ketones (excluding diaryl/α,β-unsaturated/α-hetero) is 1. The van der Waals surface area contributed by atoms with E-state index in [2.05, 4.69) is 20.9 Å². The van der Waals surface area contributed by atoms with E-state index in [1.807, 2.05) is 26.0 Å². The van der Waals surface area contributed by atoms with Crippen molar-refractivity contribution in [1.82, 2.24) is 4.98 Å². The van der Waals surface area contributed by atoms with E-state index in [-0.39, 0.29) is 5.78 Å². The third-order valence-electron chi connectivity index (χ3n) is 3.39. The fraction of sp³-hybridized carbons (Fsp3) is 0.235. The topological polar surface area (TPSA) is 56.3 Å². The predicted octanol–water partition coefficient (Wildman–Crippen LogP) is 3.89. The Morgan fingerprint density at radius 2 is 1.82 bits per heavy atom. The van der Waals surface area contributed by atoms with Crippen molar-refractivity contribution >= 4 is 27.7 Å². The molecule has 1 aromatic heterocycles. The van der Waals surface area contributed by atoms with E-state index in [1.165, 1.54) is 6.20 Å². The Morgan fingerprint density at radius 1 is 1.09 bits per heavy atom. The number of nitrogens with zero attached hydrogens (tertiary/aromatic N) is 1. The minimum Gasteiger partial charge on any atom is -0.451 e. The predicted molar refractivity (Wildman–Crippen MR) is 87.1 cm³/mol. The third-order valence-corrected chi connectivity index (χ3v) is 3.82. The molecule has 1 atom stereocenters. The van der Waals surface area contributed by atoms with Crippen LogP contribution in [0.15, 0.2) is 41.1 Å². The van der Waals surface area contributed by atoms with Crippen LogP contribution in [0.2, 0.25) is 0 Å². The van der Waals surface area contributed by atoms with E-state index in [9.17, 15) is 9.59 Å². The second kappa shape index (κ2) is 6.83. The molecule has 2 rings (SSSR count). The summed E-state index contributed by atoms with van der Waals surface area (Å²) in [6.45, 7) is 5.49. The molecule has 2 aromatic rings. The average molecular weight is 362 g/mol. The molecule has 0 N–H and O–H groups in total. The van der Waals surface area contributed by atoms with Crippen LogP contribution in [0.3, 0.4) is 0 Å². The van der Waals surface area contributed by atoms with Gasteiger partial charge in [0, 0.05) is 22.4 Å². The number of aryl methyl sites for hydroxylation is 2. The maximum absolute atomic E-state index is 12.3. The zero-order chi connectivity index (χ0) is 16.3. The molecule has 0 saturated carbocycles. The van der Waals surface area contributed by atoms with Crippen LogP contribution >= 0.6 is 15.9 Å². The molecule has 0 fully saturated rings. The molecule has 0 unspecified atom stereocenters. The van der Waals surface area contributed by atoms with Gasteiger partial charge in [-0.25, -0.2) is 4.79 Å². The van der Waals surface area contributed by atoms with Crippen LogP contribution in [0.25, 0.3) is 0 Å². The normalized spacial score (nSPS) is 11.8. The largest absolute Gasteiger partial charge is 0.451 e. The second-order valence-electron chi connectivity index (χ2n) is 5.10. The summed E-state index contributed by atoms with van der Waals surface area (Å²) in [6, 6.07) is 7.04. The number of aromatic nitrogens is 1. The first kappa shape index (κ1) is 16.4. The van der Waals surface area contributed by atoms with Gasteiger partial charge in [0.15, 0.2) is 6.10 Å². The van der Waals surface area contributed by atoms with Gasteiger partial charge in [-0.3, -0.25) is 9.78 Å². The first-order chi connectivity index (χ1) is 10.4. The van der Waals surface area contributed by atoms with Gasteiger partial charge in [-0.1, -0.05) is 12.1 Å². The number of pyridine rings is 1. The molecule has 0 spiro atoms. The standard InChI is InChI=1S/C17H16BrNO3/c1-10-4-5-13(6-11(10)2)16(20)12(3)22-17(21)14-7-15(18)9-19-8-14/h4-9,12H,1-3H3/t12-/m0/s1. The van der Waals surface area contributed by atoms with Crippen LogP contribution in [0.4, 0.5) is 0 Å². The average Bonchev–Trinajstić information content (AvgIpc) is 2.49. The van der Waals surface area contributed by atoms with E-state index in [0.717, 1.165) is 11.1 Å². The van der Waals surface area contributed by atoms with Crippen molar-refractivity contribution in [1.29, 1.82) is 0 Å². The van der Waals surface area contributed by atoms with Crippen molar-refractivity contribution < 1.29 is 14.3 Å². The monoisotopic (exact) mass is 361 g/mol. The molecule has 4 nitrogen and oxygen atoms in total. The fourth-order valence-electron chi connectivity index (χ4n) is 1.94. The van der Waals surface area contributed by atoms with Crippen LogP contribution in [-0.4, -0.2) is 22.8 Å². The maximum atomic E-state index is 12.3. The van der Waals surface area contributed by atoms with E-state index in [1.54, 1.807) is 25.3 Å².